The van der Waals surface area contributed by atoms with E-state index in [1.165, 1.54) is 0 Å². The third kappa shape index (κ3) is 3.49. The summed E-state index contributed by atoms with van der Waals surface area (Å²) in [6, 6.07) is 19.7. The summed E-state index contributed by atoms with van der Waals surface area (Å²) in [5, 5.41) is 7.59. The summed E-state index contributed by atoms with van der Waals surface area (Å²) in [7, 11) is 0. The zero-order valence-electron chi connectivity index (χ0n) is 12.0. The van der Waals surface area contributed by atoms with Crippen LogP contribution in [0.3, 0.4) is 0 Å². The fraction of sp³-hybridized carbons (Fsp3) is 0. The molecule has 0 aliphatic heterocycles. The van der Waals surface area contributed by atoms with E-state index in [4.69, 9.17) is 11.6 Å². The molecule has 2 N–H and O–H groups in total. The Hall–Kier alpha value is -2.85. The van der Waals surface area contributed by atoms with Gasteiger partial charge < -0.3 is 10.6 Å². The van der Waals surface area contributed by atoms with E-state index in [0.717, 1.165) is 10.8 Å². The molecule has 3 aromatic carbocycles. The van der Waals surface area contributed by atoms with E-state index in [9.17, 15) is 9.59 Å². The van der Waals surface area contributed by atoms with Crippen molar-refractivity contribution in [3.63, 3.8) is 0 Å². The number of rotatable bonds is 2. The van der Waals surface area contributed by atoms with Crippen LogP contribution in [0.2, 0.25) is 5.02 Å². The van der Waals surface area contributed by atoms with Crippen molar-refractivity contribution in [2.24, 2.45) is 0 Å². The second-order valence-corrected chi connectivity index (χ2v) is 5.38. The van der Waals surface area contributed by atoms with Gasteiger partial charge in [0.05, 0.1) is 0 Å². The zero-order valence-corrected chi connectivity index (χ0v) is 12.8. The maximum Gasteiger partial charge on any atom is 0.314 e. The minimum atomic E-state index is -0.736. The van der Waals surface area contributed by atoms with Gasteiger partial charge in [0, 0.05) is 21.8 Å². The summed E-state index contributed by atoms with van der Waals surface area (Å²) >= 11 is 5.78. The highest BCUT2D eigenvalue weighted by molar-refractivity contribution is 6.44. The first-order valence-electron chi connectivity index (χ1n) is 6.99. The molecule has 0 unspecified atom stereocenters. The summed E-state index contributed by atoms with van der Waals surface area (Å²) in [4.78, 5) is 24.1. The molecule has 23 heavy (non-hydrogen) atoms. The van der Waals surface area contributed by atoms with E-state index >= 15 is 0 Å². The lowest BCUT2D eigenvalue weighted by molar-refractivity contribution is -0.132. The Morgan fingerprint density at radius 2 is 1.39 bits per heavy atom. The number of nitrogens with one attached hydrogen (secondary N) is 2. The van der Waals surface area contributed by atoms with Crippen LogP contribution in [0.5, 0.6) is 0 Å². The van der Waals surface area contributed by atoms with Gasteiger partial charge in [-0.2, -0.15) is 0 Å². The molecule has 114 valence electrons. The first kappa shape index (κ1) is 15.1. The summed E-state index contributed by atoms with van der Waals surface area (Å²) in [5.41, 5.74) is 1.10. The van der Waals surface area contributed by atoms with Gasteiger partial charge in [-0.3, -0.25) is 9.59 Å². The SMILES string of the molecule is O=C(Nc1ccc(Cl)cc1)C(=O)Nc1cccc2ccccc12. The van der Waals surface area contributed by atoms with Crippen LogP contribution in [-0.4, -0.2) is 11.8 Å². The monoisotopic (exact) mass is 324 g/mol. The molecule has 0 saturated heterocycles. The van der Waals surface area contributed by atoms with Crippen molar-refractivity contribution in [2.45, 2.75) is 0 Å². The lowest BCUT2D eigenvalue weighted by atomic mass is 10.1. The van der Waals surface area contributed by atoms with Crippen LogP contribution in [0.25, 0.3) is 10.8 Å². The van der Waals surface area contributed by atoms with Crippen LogP contribution in [0, 0.1) is 0 Å². The summed E-state index contributed by atoms with van der Waals surface area (Å²) in [5.74, 6) is -1.46. The van der Waals surface area contributed by atoms with Crippen LogP contribution in [0.15, 0.2) is 66.7 Å². The molecule has 0 aliphatic rings. The molecule has 3 rings (SSSR count). The molecule has 0 radical (unpaired) electrons. The first-order chi connectivity index (χ1) is 11.1. The number of benzene rings is 3. The Bertz CT molecular complexity index is 870. The lowest BCUT2D eigenvalue weighted by Crippen LogP contribution is -2.29. The summed E-state index contributed by atoms with van der Waals surface area (Å²) < 4.78 is 0. The molecule has 0 saturated carbocycles. The van der Waals surface area contributed by atoms with Gasteiger partial charge in [0.25, 0.3) is 0 Å². The predicted molar refractivity (Wildman–Crippen MR) is 92.7 cm³/mol. The molecule has 0 fully saturated rings. The topological polar surface area (TPSA) is 58.2 Å². The summed E-state index contributed by atoms with van der Waals surface area (Å²) in [6.45, 7) is 0. The highest BCUT2D eigenvalue weighted by Crippen LogP contribution is 2.23. The standard InChI is InChI=1S/C18H13ClN2O2/c19-13-8-10-14(11-9-13)20-17(22)18(23)21-16-7-3-5-12-4-1-2-6-15(12)16/h1-11H,(H,20,22)(H,21,23). The van der Waals surface area contributed by atoms with Crippen molar-refractivity contribution in [1.29, 1.82) is 0 Å². The van der Waals surface area contributed by atoms with Gasteiger partial charge in [-0.1, -0.05) is 48.0 Å². The van der Waals surface area contributed by atoms with Crippen molar-refractivity contribution in [1.82, 2.24) is 0 Å². The highest BCUT2D eigenvalue weighted by atomic mass is 35.5. The second-order valence-electron chi connectivity index (χ2n) is 4.94. The van der Waals surface area contributed by atoms with E-state index in [0.29, 0.717) is 16.4 Å². The average Bonchev–Trinajstić information content (AvgIpc) is 2.57. The summed E-state index contributed by atoms with van der Waals surface area (Å²) in [6.07, 6.45) is 0. The highest BCUT2D eigenvalue weighted by Gasteiger charge is 2.15. The fourth-order valence-electron chi connectivity index (χ4n) is 2.23. The Kier molecular flexibility index (Phi) is 4.26. The largest absolute Gasteiger partial charge is 0.318 e. The molecule has 0 aromatic heterocycles. The van der Waals surface area contributed by atoms with Gasteiger partial charge in [0.15, 0.2) is 0 Å². The van der Waals surface area contributed by atoms with E-state index in [1.54, 1.807) is 30.3 Å². The first-order valence-corrected chi connectivity index (χ1v) is 7.37. The second kappa shape index (κ2) is 6.50. The maximum atomic E-state index is 12.1. The minimum absolute atomic E-state index is 0.507. The Morgan fingerprint density at radius 1 is 0.739 bits per heavy atom. The van der Waals surface area contributed by atoms with Crippen molar-refractivity contribution in [2.75, 3.05) is 10.6 Å². The van der Waals surface area contributed by atoms with Gasteiger partial charge in [-0.05, 0) is 35.7 Å². The van der Waals surface area contributed by atoms with E-state index in [2.05, 4.69) is 10.6 Å². The zero-order chi connectivity index (χ0) is 16.2. The van der Waals surface area contributed by atoms with Crippen LogP contribution in [-0.2, 0) is 9.59 Å². The molecular weight excluding hydrogens is 312 g/mol. The molecule has 3 aromatic rings. The fourth-order valence-corrected chi connectivity index (χ4v) is 2.36. The molecule has 4 nitrogen and oxygen atoms in total. The van der Waals surface area contributed by atoms with Crippen LogP contribution < -0.4 is 10.6 Å². The van der Waals surface area contributed by atoms with E-state index in [1.807, 2.05) is 36.4 Å². The molecule has 0 spiro atoms. The number of halogens is 1. The Labute approximate surface area is 138 Å². The third-order valence-corrected chi connectivity index (χ3v) is 3.60. The number of anilines is 2. The normalized spacial score (nSPS) is 10.3. The van der Waals surface area contributed by atoms with E-state index in [-0.39, 0.29) is 0 Å². The molecule has 0 atom stereocenters. The van der Waals surface area contributed by atoms with Gasteiger partial charge in [-0.25, -0.2) is 0 Å². The molecule has 0 aliphatic carbocycles. The molecule has 5 heteroatoms. The number of fused-ring (bicyclic) bond motifs is 1. The van der Waals surface area contributed by atoms with Crippen molar-refractivity contribution in [3.05, 3.63) is 71.8 Å². The van der Waals surface area contributed by atoms with Gasteiger partial charge in [-0.15, -0.1) is 0 Å². The van der Waals surface area contributed by atoms with Crippen molar-refractivity contribution >= 4 is 45.6 Å². The molecule has 0 heterocycles. The minimum Gasteiger partial charge on any atom is -0.318 e. The number of carbonyl (C=O) groups excluding carboxylic acids is 2. The third-order valence-electron chi connectivity index (χ3n) is 3.35. The molecule has 2 amide bonds. The maximum absolute atomic E-state index is 12.1. The van der Waals surface area contributed by atoms with Crippen LogP contribution >= 0.6 is 11.6 Å². The Balaban J connectivity index is 1.75. The molecular formula is C18H13ClN2O2. The number of hydrogen-bond donors (Lipinski definition) is 2. The van der Waals surface area contributed by atoms with Crippen LogP contribution in [0.1, 0.15) is 0 Å². The average molecular weight is 325 g/mol. The van der Waals surface area contributed by atoms with Gasteiger partial charge in [0.2, 0.25) is 0 Å². The quantitative estimate of drug-likeness (QED) is 0.698. The predicted octanol–water partition coefficient (Wildman–Crippen LogP) is 4.07. The van der Waals surface area contributed by atoms with Gasteiger partial charge >= 0.3 is 11.8 Å². The number of amides is 2. The van der Waals surface area contributed by atoms with Crippen LogP contribution in [0.4, 0.5) is 11.4 Å². The number of hydrogen-bond acceptors (Lipinski definition) is 2. The lowest BCUT2D eigenvalue weighted by Gasteiger charge is -2.09. The van der Waals surface area contributed by atoms with Gasteiger partial charge in [0.1, 0.15) is 0 Å². The Morgan fingerprint density at radius 3 is 2.17 bits per heavy atom. The molecule has 0 bridgehead atoms. The van der Waals surface area contributed by atoms with Crippen molar-refractivity contribution in [3.8, 4) is 0 Å². The number of carbonyl (C=O) groups is 2. The van der Waals surface area contributed by atoms with E-state index < -0.39 is 11.8 Å². The van der Waals surface area contributed by atoms with Crippen molar-refractivity contribution < 1.29 is 9.59 Å². The smallest absolute Gasteiger partial charge is 0.314 e.